The number of hydrogen-bond acceptors (Lipinski definition) is 6. The zero-order valence-corrected chi connectivity index (χ0v) is 13.8. The fourth-order valence-corrected chi connectivity index (χ4v) is 2.44. The zero-order chi connectivity index (χ0) is 17.9. The van der Waals surface area contributed by atoms with Crippen LogP contribution in [0.4, 0.5) is 11.4 Å². The SMILES string of the molecule is CC1(C)O[C@H](C(=O)Nc2ccncc2)[C@@H](C(=O)Nc2ccncc2)O1. The number of pyridine rings is 2. The van der Waals surface area contributed by atoms with Crippen LogP contribution in [0.5, 0.6) is 0 Å². The third kappa shape index (κ3) is 4.17. The molecule has 1 fully saturated rings. The summed E-state index contributed by atoms with van der Waals surface area (Å²) in [6.07, 6.45) is 4.06. The quantitative estimate of drug-likeness (QED) is 0.874. The van der Waals surface area contributed by atoms with Crippen LogP contribution in [-0.2, 0) is 19.1 Å². The van der Waals surface area contributed by atoms with Crippen molar-refractivity contribution in [3.05, 3.63) is 49.1 Å². The van der Waals surface area contributed by atoms with Gasteiger partial charge in [-0.05, 0) is 38.1 Å². The normalized spacial score (nSPS) is 21.5. The molecule has 0 unspecified atom stereocenters. The average molecular weight is 342 g/mol. The molecule has 1 aliphatic rings. The fourth-order valence-electron chi connectivity index (χ4n) is 2.44. The highest BCUT2D eigenvalue weighted by atomic mass is 16.8. The second kappa shape index (κ2) is 6.96. The van der Waals surface area contributed by atoms with Gasteiger partial charge in [-0.15, -0.1) is 0 Å². The molecule has 2 aromatic rings. The van der Waals surface area contributed by atoms with Gasteiger partial charge in [-0.3, -0.25) is 19.6 Å². The second-order valence-corrected chi connectivity index (χ2v) is 5.93. The predicted molar refractivity (Wildman–Crippen MR) is 89.6 cm³/mol. The highest BCUT2D eigenvalue weighted by molar-refractivity contribution is 6.02. The Morgan fingerprint density at radius 1 is 0.840 bits per heavy atom. The summed E-state index contributed by atoms with van der Waals surface area (Å²) in [5, 5.41) is 5.39. The third-order valence-corrected chi connectivity index (χ3v) is 3.51. The fraction of sp³-hybridized carbons (Fsp3) is 0.294. The monoisotopic (exact) mass is 342 g/mol. The molecule has 2 aromatic heterocycles. The van der Waals surface area contributed by atoms with Crippen molar-refractivity contribution >= 4 is 23.2 Å². The van der Waals surface area contributed by atoms with E-state index in [2.05, 4.69) is 20.6 Å². The molecule has 1 saturated heterocycles. The van der Waals surface area contributed by atoms with Gasteiger partial charge in [0.15, 0.2) is 18.0 Å². The van der Waals surface area contributed by atoms with Crippen LogP contribution in [0.15, 0.2) is 49.1 Å². The Kier molecular flexibility index (Phi) is 4.73. The third-order valence-electron chi connectivity index (χ3n) is 3.51. The maximum Gasteiger partial charge on any atom is 0.256 e. The predicted octanol–water partition coefficient (Wildman–Crippen LogP) is 1.57. The van der Waals surface area contributed by atoms with Gasteiger partial charge in [-0.25, -0.2) is 0 Å². The van der Waals surface area contributed by atoms with Gasteiger partial charge in [0.05, 0.1) is 0 Å². The number of carbonyl (C=O) groups is 2. The first-order chi connectivity index (χ1) is 11.9. The molecular formula is C17H18N4O4. The molecule has 130 valence electrons. The van der Waals surface area contributed by atoms with Crippen LogP contribution in [-0.4, -0.2) is 39.8 Å². The Labute approximate surface area is 144 Å². The van der Waals surface area contributed by atoms with E-state index in [0.717, 1.165) is 0 Å². The van der Waals surface area contributed by atoms with E-state index in [1.54, 1.807) is 62.9 Å². The molecule has 8 nitrogen and oxygen atoms in total. The summed E-state index contributed by atoms with van der Waals surface area (Å²) in [7, 11) is 0. The largest absolute Gasteiger partial charge is 0.334 e. The van der Waals surface area contributed by atoms with Crippen molar-refractivity contribution in [3.63, 3.8) is 0 Å². The van der Waals surface area contributed by atoms with Gasteiger partial charge < -0.3 is 20.1 Å². The minimum atomic E-state index is -1.08. The molecule has 3 heterocycles. The van der Waals surface area contributed by atoms with Crippen molar-refractivity contribution < 1.29 is 19.1 Å². The summed E-state index contributed by atoms with van der Waals surface area (Å²) in [6, 6.07) is 6.57. The van der Waals surface area contributed by atoms with E-state index in [9.17, 15) is 9.59 Å². The highest BCUT2D eigenvalue weighted by Gasteiger charge is 2.49. The van der Waals surface area contributed by atoms with E-state index in [1.165, 1.54) is 0 Å². The lowest BCUT2D eigenvalue weighted by Crippen LogP contribution is -2.43. The molecule has 8 heteroatoms. The molecule has 0 saturated carbocycles. The summed E-state index contributed by atoms with van der Waals surface area (Å²) in [5.41, 5.74) is 1.11. The van der Waals surface area contributed by atoms with Gasteiger partial charge in [0.25, 0.3) is 11.8 Å². The summed E-state index contributed by atoms with van der Waals surface area (Å²) in [6.45, 7) is 3.30. The van der Waals surface area contributed by atoms with E-state index < -0.39 is 29.8 Å². The number of amides is 2. The van der Waals surface area contributed by atoms with Crippen LogP contribution < -0.4 is 10.6 Å². The molecule has 1 aliphatic heterocycles. The number of aromatic nitrogens is 2. The molecule has 2 atom stereocenters. The van der Waals surface area contributed by atoms with Crippen molar-refractivity contribution in [2.24, 2.45) is 0 Å². The van der Waals surface area contributed by atoms with Crippen molar-refractivity contribution in [1.29, 1.82) is 0 Å². The number of ether oxygens (including phenoxy) is 2. The van der Waals surface area contributed by atoms with Crippen LogP contribution >= 0.6 is 0 Å². The maximum absolute atomic E-state index is 12.5. The number of hydrogen-bond donors (Lipinski definition) is 2. The molecule has 2 N–H and O–H groups in total. The number of nitrogens with zero attached hydrogens (tertiary/aromatic N) is 2. The van der Waals surface area contributed by atoms with Crippen LogP contribution in [0.2, 0.25) is 0 Å². The van der Waals surface area contributed by atoms with Crippen molar-refractivity contribution in [3.8, 4) is 0 Å². The lowest BCUT2D eigenvalue weighted by atomic mass is 10.1. The maximum atomic E-state index is 12.5. The lowest BCUT2D eigenvalue weighted by molar-refractivity contribution is -0.156. The van der Waals surface area contributed by atoms with Gasteiger partial charge in [0, 0.05) is 36.2 Å². The second-order valence-electron chi connectivity index (χ2n) is 5.93. The molecular weight excluding hydrogens is 324 g/mol. The molecule has 0 aliphatic carbocycles. The van der Waals surface area contributed by atoms with Crippen LogP contribution in [0, 0.1) is 0 Å². The Morgan fingerprint density at radius 2 is 1.20 bits per heavy atom. The van der Waals surface area contributed by atoms with Crippen molar-refractivity contribution in [2.75, 3.05) is 10.6 Å². The first kappa shape index (κ1) is 17.0. The summed E-state index contributed by atoms with van der Waals surface area (Å²) in [5.74, 6) is -1.99. The molecule has 0 aromatic carbocycles. The zero-order valence-electron chi connectivity index (χ0n) is 13.8. The molecule has 25 heavy (non-hydrogen) atoms. The minimum absolute atomic E-state index is 0.466. The Bertz CT molecular complexity index is 688. The standard InChI is InChI=1S/C17H18N4O4/c1-17(2)24-13(15(22)20-11-3-7-18-8-4-11)14(25-17)16(23)21-12-5-9-19-10-6-12/h3-10,13-14H,1-2H3,(H,18,20,22)(H,19,21,23)/t13-,14-/m0/s1. The first-order valence-electron chi connectivity index (χ1n) is 7.72. The van der Waals surface area contributed by atoms with Gasteiger partial charge in [0.1, 0.15) is 0 Å². The first-order valence-corrected chi connectivity index (χ1v) is 7.72. The number of rotatable bonds is 4. The van der Waals surface area contributed by atoms with E-state index in [-0.39, 0.29) is 0 Å². The highest BCUT2D eigenvalue weighted by Crippen LogP contribution is 2.29. The number of carbonyl (C=O) groups excluding carboxylic acids is 2. The van der Waals surface area contributed by atoms with Crippen molar-refractivity contribution in [1.82, 2.24) is 9.97 Å². The Balaban J connectivity index is 1.74. The molecule has 0 radical (unpaired) electrons. The van der Waals surface area contributed by atoms with Crippen molar-refractivity contribution in [2.45, 2.75) is 31.8 Å². The van der Waals surface area contributed by atoms with E-state index >= 15 is 0 Å². The lowest BCUT2D eigenvalue weighted by Gasteiger charge is -2.16. The Morgan fingerprint density at radius 3 is 1.56 bits per heavy atom. The molecule has 2 amide bonds. The summed E-state index contributed by atoms with van der Waals surface area (Å²) in [4.78, 5) is 32.9. The summed E-state index contributed by atoms with van der Waals surface area (Å²) < 4.78 is 11.3. The van der Waals surface area contributed by atoms with E-state index in [0.29, 0.717) is 11.4 Å². The van der Waals surface area contributed by atoms with Gasteiger partial charge in [-0.2, -0.15) is 0 Å². The summed E-state index contributed by atoms with van der Waals surface area (Å²) >= 11 is 0. The van der Waals surface area contributed by atoms with E-state index in [1.807, 2.05) is 0 Å². The molecule has 0 spiro atoms. The topological polar surface area (TPSA) is 102 Å². The van der Waals surface area contributed by atoms with Crippen LogP contribution in [0.25, 0.3) is 0 Å². The van der Waals surface area contributed by atoms with Gasteiger partial charge in [-0.1, -0.05) is 0 Å². The smallest absolute Gasteiger partial charge is 0.256 e. The average Bonchev–Trinajstić information content (AvgIpc) is 2.93. The van der Waals surface area contributed by atoms with Gasteiger partial charge in [0.2, 0.25) is 0 Å². The van der Waals surface area contributed by atoms with Crippen LogP contribution in [0.3, 0.4) is 0 Å². The number of anilines is 2. The number of nitrogens with one attached hydrogen (secondary N) is 2. The van der Waals surface area contributed by atoms with E-state index in [4.69, 9.17) is 9.47 Å². The molecule has 3 rings (SSSR count). The Hall–Kier alpha value is -2.84. The minimum Gasteiger partial charge on any atom is -0.334 e. The molecule has 0 bridgehead atoms. The van der Waals surface area contributed by atoms with Gasteiger partial charge >= 0.3 is 0 Å². The van der Waals surface area contributed by atoms with Crippen LogP contribution in [0.1, 0.15) is 13.8 Å².